The highest BCUT2D eigenvalue weighted by Gasteiger charge is 2.40. The monoisotopic (exact) mass is 330 g/mol. The molecule has 0 amide bonds. The topological polar surface area (TPSA) is 68.2 Å². The molecule has 2 aromatic rings. The first-order valence-corrected chi connectivity index (χ1v) is 7.98. The highest BCUT2D eigenvalue weighted by Crippen LogP contribution is 2.22. The third kappa shape index (κ3) is 3.83. The fourth-order valence-electron chi connectivity index (χ4n) is 2.77. The van der Waals surface area contributed by atoms with E-state index in [4.69, 9.17) is 14.2 Å². The Bertz CT molecular complexity index is 686. The van der Waals surface area contributed by atoms with Crippen LogP contribution < -0.4 is 0 Å². The summed E-state index contributed by atoms with van der Waals surface area (Å²) >= 11 is 0. The lowest BCUT2D eigenvalue weighted by Crippen LogP contribution is -2.54. The average Bonchev–Trinajstić information content (AvgIpc) is 2.61. The van der Waals surface area contributed by atoms with Gasteiger partial charge in [0, 0.05) is 0 Å². The molecule has 0 aliphatic carbocycles. The van der Waals surface area contributed by atoms with E-state index in [9.17, 15) is 10.2 Å². The standard InChI is InChI=1S/C19H22O5/c1-2-9-22-19-18(17(21)16(20)12-24-19)23-11-13-7-8-14-5-3-4-6-15(14)10-13/h2-8,10,16-21H,1,9,11-12H2/t16-,17-,18+,19+/m0/s1. The Labute approximate surface area is 141 Å². The van der Waals surface area contributed by atoms with Crippen molar-refractivity contribution in [2.45, 2.75) is 31.2 Å². The number of ether oxygens (including phenoxy) is 3. The van der Waals surface area contributed by atoms with Crippen molar-refractivity contribution in [3.05, 3.63) is 60.7 Å². The first kappa shape index (κ1) is 17.1. The zero-order valence-corrected chi connectivity index (χ0v) is 13.4. The maximum atomic E-state index is 10.2. The molecule has 3 rings (SSSR count). The molecule has 2 aromatic carbocycles. The molecular formula is C19H22O5. The number of aliphatic hydroxyl groups is 2. The van der Waals surface area contributed by atoms with Crippen LogP contribution in [0.1, 0.15) is 5.56 Å². The molecule has 128 valence electrons. The molecule has 1 saturated heterocycles. The van der Waals surface area contributed by atoms with Gasteiger partial charge in [-0.15, -0.1) is 6.58 Å². The van der Waals surface area contributed by atoms with E-state index in [1.54, 1.807) is 6.08 Å². The molecule has 4 atom stereocenters. The molecule has 0 bridgehead atoms. The van der Waals surface area contributed by atoms with Crippen LogP contribution in [0.5, 0.6) is 0 Å². The quantitative estimate of drug-likeness (QED) is 0.793. The third-order valence-corrected chi connectivity index (χ3v) is 4.06. The first-order valence-electron chi connectivity index (χ1n) is 7.98. The Morgan fingerprint density at radius 3 is 2.71 bits per heavy atom. The molecule has 0 spiro atoms. The molecule has 1 fully saturated rings. The van der Waals surface area contributed by atoms with Crippen molar-refractivity contribution in [1.82, 2.24) is 0 Å². The van der Waals surface area contributed by atoms with Gasteiger partial charge in [0.1, 0.15) is 18.3 Å². The zero-order chi connectivity index (χ0) is 16.9. The minimum Gasteiger partial charge on any atom is -0.388 e. The van der Waals surface area contributed by atoms with E-state index in [2.05, 4.69) is 6.58 Å². The smallest absolute Gasteiger partial charge is 0.186 e. The molecule has 2 N–H and O–H groups in total. The van der Waals surface area contributed by atoms with E-state index in [-0.39, 0.29) is 19.8 Å². The Hall–Kier alpha value is -1.76. The van der Waals surface area contributed by atoms with Gasteiger partial charge in [0.15, 0.2) is 6.29 Å². The maximum Gasteiger partial charge on any atom is 0.186 e. The Kier molecular flexibility index (Phi) is 5.60. The summed E-state index contributed by atoms with van der Waals surface area (Å²) in [5.74, 6) is 0. The van der Waals surface area contributed by atoms with Gasteiger partial charge in [0.2, 0.25) is 0 Å². The molecule has 5 heteroatoms. The van der Waals surface area contributed by atoms with Gasteiger partial charge in [-0.3, -0.25) is 0 Å². The van der Waals surface area contributed by atoms with Gasteiger partial charge >= 0.3 is 0 Å². The lowest BCUT2D eigenvalue weighted by Gasteiger charge is -2.37. The van der Waals surface area contributed by atoms with Gasteiger partial charge in [-0.1, -0.05) is 42.5 Å². The number of aliphatic hydroxyl groups excluding tert-OH is 2. The first-order chi connectivity index (χ1) is 11.7. The van der Waals surface area contributed by atoms with Crippen molar-refractivity contribution in [2.24, 2.45) is 0 Å². The SMILES string of the molecule is C=CCO[C@@H]1OC[C@H](O)[C@H](O)[C@H]1OCc1ccc2ccccc2c1. The lowest BCUT2D eigenvalue weighted by atomic mass is 10.0. The number of rotatable bonds is 6. The fourth-order valence-corrected chi connectivity index (χ4v) is 2.77. The highest BCUT2D eigenvalue weighted by atomic mass is 16.7. The van der Waals surface area contributed by atoms with E-state index < -0.39 is 24.6 Å². The Balaban J connectivity index is 1.69. The van der Waals surface area contributed by atoms with Crippen molar-refractivity contribution < 1.29 is 24.4 Å². The van der Waals surface area contributed by atoms with Gasteiger partial charge in [-0.2, -0.15) is 0 Å². The van der Waals surface area contributed by atoms with Crippen LogP contribution in [0.4, 0.5) is 0 Å². The maximum absolute atomic E-state index is 10.2. The van der Waals surface area contributed by atoms with Crippen LogP contribution in [-0.2, 0) is 20.8 Å². The van der Waals surface area contributed by atoms with Crippen LogP contribution in [0.25, 0.3) is 10.8 Å². The second-order valence-corrected chi connectivity index (χ2v) is 5.84. The summed E-state index contributed by atoms with van der Waals surface area (Å²) in [7, 11) is 0. The zero-order valence-electron chi connectivity index (χ0n) is 13.4. The molecule has 0 radical (unpaired) electrons. The van der Waals surface area contributed by atoms with Crippen LogP contribution in [0.15, 0.2) is 55.1 Å². The molecule has 0 aromatic heterocycles. The van der Waals surface area contributed by atoms with Crippen molar-refractivity contribution in [3.63, 3.8) is 0 Å². The van der Waals surface area contributed by atoms with E-state index in [0.29, 0.717) is 0 Å². The van der Waals surface area contributed by atoms with Crippen molar-refractivity contribution in [2.75, 3.05) is 13.2 Å². The molecule has 0 unspecified atom stereocenters. The number of benzene rings is 2. The predicted molar refractivity (Wildman–Crippen MR) is 90.4 cm³/mol. The molecule has 1 heterocycles. The van der Waals surface area contributed by atoms with Crippen molar-refractivity contribution in [1.29, 1.82) is 0 Å². The van der Waals surface area contributed by atoms with Gasteiger partial charge in [0.25, 0.3) is 0 Å². The van der Waals surface area contributed by atoms with Gasteiger partial charge in [-0.25, -0.2) is 0 Å². The highest BCUT2D eigenvalue weighted by molar-refractivity contribution is 5.82. The summed E-state index contributed by atoms with van der Waals surface area (Å²) in [6.07, 6.45) is -1.95. The minimum atomic E-state index is -1.06. The van der Waals surface area contributed by atoms with Crippen LogP contribution in [0, 0.1) is 0 Å². The molecule has 1 aliphatic rings. The third-order valence-electron chi connectivity index (χ3n) is 4.06. The van der Waals surface area contributed by atoms with Crippen LogP contribution in [0.3, 0.4) is 0 Å². The van der Waals surface area contributed by atoms with Gasteiger partial charge < -0.3 is 24.4 Å². The number of hydrogen-bond donors (Lipinski definition) is 2. The number of hydrogen-bond acceptors (Lipinski definition) is 5. The van der Waals surface area contributed by atoms with Gasteiger partial charge in [-0.05, 0) is 22.4 Å². The van der Waals surface area contributed by atoms with Crippen molar-refractivity contribution in [3.8, 4) is 0 Å². The summed E-state index contributed by atoms with van der Waals surface area (Å²) < 4.78 is 16.7. The largest absolute Gasteiger partial charge is 0.388 e. The molecule has 24 heavy (non-hydrogen) atoms. The summed E-state index contributed by atoms with van der Waals surface area (Å²) in [5, 5.41) is 22.3. The van der Waals surface area contributed by atoms with Crippen molar-refractivity contribution >= 4 is 10.8 Å². The molecule has 1 aliphatic heterocycles. The van der Waals surface area contributed by atoms with E-state index in [0.717, 1.165) is 16.3 Å². The lowest BCUT2D eigenvalue weighted by molar-refractivity contribution is -0.280. The van der Waals surface area contributed by atoms with E-state index in [1.807, 2.05) is 42.5 Å². The predicted octanol–water partition coefficient (Wildman–Crippen LogP) is 2.01. The summed E-state index contributed by atoms with van der Waals surface area (Å²) in [5.41, 5.74) is 0.975. The summed E-state index contributed by atoms with van der Waals surface area (Å²) in [4.78, 5) is 0. The Morgan fingerprint density at radius 1 is 1.12 bits per heavy atom. The molecule has 0 saturated carbocycles. The fraction of sp³-hybridized carbons (Fsp3) is 0.368. The number of fused-ring (bicyclic) bond motifs is 1. The normalized spacial score (nSPS) is 27.2. The summed E-state index contributed by atoms with van der Waals surface area (Å²) in [6.45, 7) is 4.18. The molecule has 5 nitrogen and oxygen atoms in total. The van der Waals surface area contributed by atoms with Crippen LogP contribution in [0.2, 0.25) is 0 Å². The second kappa shape index (κ2) is 7.88. The van der Waals surface area contributed by atoms with E-state index >= 15 is 0 Å². The minimum absolute atomic E-state index is 0.0127. The average molecular weight is 330 g/mol. The van der Waals surface area contributed by atoms with Crippen LogP contribution in [-0.4, -0.2) is 48.0 Å². The summed E-state index contributed by atoms with van der Waals surface area (Å²) in [6, 6.07) is 14.1. The molecular weight excluding hydrogens is 308 g/mol. The van der Waals surface area contributed by atoms with E-state index in [1.165, 1.54) is 0 Å². The van der Waals surface area contributed by atoms with Crippen LogP contribution >= 0.6 is 0 Å². The Morgan fingerprint density at radius 2 is 1.92 bits per heavy atom. The van der Waals surface area contributed by atoms with Gasteiger partial charge in [0.05, 0.1) is 19.8 Å². The second-order valence-electron chi connectivity index (χ2n) is 5.84.